The highest BCUT2D eigenvalue weighted by molar-refractivity contribution is 6.51. The number of nitrogens with zero attached hydrogens (tertiary/aromatic N) is 12. The van der Waals surface area contributed by atoms with Crippen LogP contribution < -0.4 is 0 Å². The maximum atomic E-state index is 9.32. The van der Waals surface area contributed by atoms with Gasteiger partial charge in [-0.05, 0) is 0 Å². The Hall–Kier alpha value is -5.56. The number of hydrogen-bond acceptors (Lipinski definition) is 9. The van der Waals surface area contributed by atoms with Crippen molar-refractivity contribution in [3.63, 3.8) is 0 Å². The van der Waals surface area contributed by atoms with E-state index < -0.39 is 12.1 Å². The topological polar surface area (TPSA) is 161 Å². The third kappa shape index (κ3) is 2.34. The summed E-state index contributed by atoms with van der Waals surface area (Å²) >= 11 is 0. The molecule has 2 aliphatic rings. The molecule has 1 aliphatic carbocycles. The first-order valence-electron chi connectivity index (χ1n) is 7.93. The Bertz CT molecular complexity index is 1360. The van der Waals surface area contributed by atoms with Gasteiger partial charge < -0.3 is 14.5 Å². The van der Waals surface area contributed by atoms with Gasteiger partial charge in [0, 0.05) is 0 Å². The van der Waals surface area contributed by atoms with Gasteiger partial charge in [0.1, 0.15) is 35.6 Å². The van der Waals surface area contributed by atoms with Crippen LogP contribution in [-0.2, 0) is 0 Å². The molecule has 30 heavy (non-hydrogen) atoms. The van der Waals surface area contributed by atoms with Crippen LogP contribution in [0.1, 0.15) is 34.9 Å². The van der Waals surface area contributed by atoms with Crippen LogP contribution >= 0.6 is 0 Å². The molecule has 0 saturated carbocycles. The predicted molar refractivity (Wildman–Crippen MR) is 97.6 cm³/mol. The Balaban J connectivity index is 2.14. The second-order valence-corrected chi connectivity index (χ2v) is 5.75. The number of nitriles is 3. The van der Waals surface area contributed by atoms with E-state index in [9.17, 15) is 15.8 Å². The smallest absolute Gasteiger partial charge is 0.301 e. The minimum absolute atomic E-state index is 0.0539. The van der Waals surface area contributed by atoms with Crippen LogP contribution in [0.4, 0.5) is 11.6 Å². The van der Waals surface area contributed by atoms with E-state index >= 15 is 0 Å². The van der Waals surface area contributed by atoms with Gasteiger partial charge in [0.15, 0.2) is 17.1 Å². The summed E-state index contributed by atoms with van der Waals surface area (Å²) in [5, 5.41) is 27.9. The summed E-state index contributed by atoms with van der Waals surface area (Å²) in [5.74, 6) is -0.775. The fraction of sp³-hybridized carbons (Fsp3) is 0.111. The number of amidine groups is 1. The molecule has 3 heterocycles. The van der Waals surface area contributed by atoms with Gasteiger partial charge in [-0.1, -0.05) is 19.7 Å². The lowest BCUT2D eigenvalue weighted by atomic mass is 9.89. The van der Waals surface area contributed by atoms with Crippen LogP contribution in [0.2, 0.25) is 0 Å². The molecule has 2 aromatic rings. The molecule has 0 N–H and O–H groups in total. The Morgan fingerprint density at radius 2 is 1.23 bits per heavy atom. The molecule has 0 spiro atoms. The highest BCUT2D eigenvalue weighted by Gasteiger charge is 2.48. The average Bonchev–Trinajstić information content (AvgIpc) is 2.81. The monoisotopic (exact) mass is 386 g/mol. The lowest BCUT2D eigenvalue weighted by Gasteiger charge is -2.25. The Labute approximate surface area is 168 Å². The normalized spacial score (nSPS) is 17.5. The van der Waals surface area contributed by atoms with Gasteiger partial charge in [-0.25, -0.2) is 9.97 Å². The summed E-state index contributed by atoms with van der Waals surface area (Å²) in [4.78, 5) is 34.9. The summed E-state index contributed by atoms with van der Waals surface area (Å²) in [6.07, 6.45) is 0. The fourth-order valence-electron chi connectivity index (χ4n) is 3.06. The summed E-state index contributed by atoms with van der Waals surface area (Å²) in [6.45, 7) is 21.8. The average molecular weight is 386 g/mol. The Morgan fingerprint density at radius 3 is 1.83 bits per heavy atom. The first kappa shape index (κ1) is 17.8. The van der Waals surface area contributed by atoms with Crippen LogP contribution in [0.5, 0.6) is 0 Å². The molecule has 2 atom stereocenters. The molecule has 0 saturated heterocycles. The van der Waals surface area contributed by atoms with Crippen molar-refractivity contribution in [2.45, 2.75) is 12.1 Å². The van der Waals surface area contributed by atoms with Gasteiger partial charge in [0.25, 0.3) is 11.6 Å². The number of rotatable bonds is 0. The Morgan fingerprint density at radius 1 is 0.667 bits per heavy atom. The molecule has 0 amide bonds. The van der Waals surface area contributed by atoms with Gasteiger partial charge in [-0.3, -0.25) is 4.99 Å². The van der Waals surface area contributed by atoms with Crippen molar-refractivity contribution in [3.05, 3.63) is 57.0 Å². The zero-order valence-electron chi connectivity index (χ0n) is 14.5. The van der Waals surface area contributed by atoms with Crippen LogP contribution in [0.3, 0.4) is 0 Å². The predicted octanol–water partition coefficient (Wildman–Crippen LogP) is 2.17. The summed E-state index contributed by atoms with van der Waals surface area (Å²) < 4.78 is 0. The van der Waals surface area contributed by atoms with Crippen LogP contribution in [0, 0.1) is 53.7 Å². The molecular weight excluding hydrogens is 384 g/mol. The SMILES string of the molecule is [C-]#[N+]C1=NC2c3nc([N+]#[C-])c([N+]#[C-])nc3-c3nc(C#N)c(C#N)nc3C2N=C1C#N. The lowest BCUT2D eigenvalue weighted by Crippen LogP contribution is -2.27. The number of aliphatic imine (C=N–C) groups is 2. The van der Waals surface area contributed by atoms with Crippen molar-refractivity contribution < 1.29 is 0 Å². The van der Waals surface area contributed by atoms with E-state index in [1.54, 1.807) is 18.2 Å². The van der Waals surface area contributed by atoms with E-state index in [1.807, 2.05) is 0 Å². The largest absolute Gasteiger partial charge is 0.370 e. The van der Waals surface area contributed by atoms with Crippen molar-refractivity contribution >= 4 is 23.2 Å². The van der Waals surface area contributed by atoms with Crippen molar-refractivity contribution in [2.75, 3.05) is 0 Å². The minimum Gasteiger partial charge on any atom is -0.370 e. The molecule has 1 aliphatic heterocycles. The molecule has 2 unspecified atom stereocenters. The standard InChI is InChI=1S/C18H2N12/c1-22-16-9(6-21)27-12-10-11(26-8(5-20)7(4-19)25-10)14-15(13(12)28-16)30-18(24-3)17(23-2)29-14/h12-13H. The second kappa shape index (κ2) is 6.55. The van der Waals surface area contributed by atoms with Gasteiger partial charge in [0.2, 0.25) is 17.4 Å². The molecule has 12 heteroatoms. The van der Waals surface area contributed by atoms with E-state index in [1.165, 1.54) is 0 Å². The summed E-state index contributed by atoms with van der Waals surface area (Å²) in [6, 6.07) is 3.43. The van der Waals surface area contributed by atoms with Crippen molar-refractivity contribution in [2.24, 2.45) is 9.98 Å². The molecule has 12 nitrogen and oxygen atoms in total. The number of hydrogen-bond donors (Lipinski definition) is 0. The molecule has 0 fully saturated rings. The lowest BCUT2D eigenvalue weighted by molar-refractivity contribution is 0.536. The van der Waals surface area contributed by atoms with Gasteiger partial charge >= 0.3 is 5.84 Å². The zero-order valence-corrected chi connectivity index (χ0v) is 14.5. The molecule has 0 radical (unpaired) electrons. The van der Waals surface area contributed by atoms with Crippen LogP contribution in [0.25, 0.3) is 25.9 Å². The Kier molecular flexibility index (Phi) is 3.90. The molecule has 134 valence electrons. The first-order valence-corrected chi connectivity index (χ1v) is 7.93. The van der Waals surface area contributed by atoms with Crippen LogP contribution in [-0.4, -0.2) is 31.5 Å². The van der Waals surface area contributed by atoms with Crippen molar-refractivity contribution in [3.8, 4) is 29.6 Å². The van der Waals surface area contributed by atoms with Crippen molar-refractivity contribution in [1.82, 2.24) is 19.9 Å². The summed E-state index contributed by atoms with van der Waals surface area (Å²) in [5.41, 5.74) is -0.378. The minimum atomic E-state index is -0.966. The highest BCUT2D eigenvalue weighted by Crippen LogP contribution is 2.48. The highest BCUT2D eigenvalue weighted by atomic mass is 15.1. The first-order chi connectivity index (χ1) is 14.6. The van der Waals surface area contributed by atoms with Gasteiger partial charge in [-0.15, -0.1) is 15.0 Å². The summed E-state index contributed by atoms with van der Waals surface area (Å²) in [7, 11) is 0. The van der Waals surface area contributed by atoms with Crippen LogP contribution in [0.15, 0.2) is 9.98 Å². The zero-order chi connectivity index (χ0) is 21.4. The fourth-order valence-corrected chi connectivity index (χ4v) is 3.06. The molecule has 4 rings (SSSR count). The molecule has 0 bridgehead atoms. The molecule has 2 aromatic heterocycles. The van der Waals surface area contributed by atoms with E-state index in [4.69, 9.17) is 19.7 Å². The second-order valence-electron chi connectivity index (χ2n) is 5.75. The van der Waals surface area contributed by atoms with E-state index in [0.29, 0.717) is 0 Å². The quantitative estimate of drug-likeness (QED) is 0.627. The van der Waals surface area contributed by atoms with Crippen molar-refractivity contribution in [1.29, 1.82) is 15.8 Å². The van der Waals surface area contributed by atoms with E-state index in [-0.39, 0.29) is 57.3 Å². The maximum absolute atomic E-state index is 9.32. The number of fused-ring (bicyclic) bond motifs is 6. The molecule has 0 aromatic carbocycles. The third-order valence-electron chi connectivity index (χ3n) is 4.27. The van der Waals surface area contributed by atoms with E-state index in [0.717, 1.165) is 0 Å². The number of aromatic nitrogens is 4. The van der Waals surface area contributed by atoms with E-state index in [2.05, 4.69) is 44.5 Å². The van der Waals surface area contributed by atoms with Gasteiger partial charge in [-0.2, -0.15) is 15.8 Å². The third-order valence-corrected chi connectivity index (χ3v) is 4.27. The maximum Gasteiger partial charge on any atom is 0.301 e. The molecular formula is C18H2N12. The van der Waals surface area contributed by atoms with Gasteiger partial charge in [0.05, 0.1) is 0 Å².